The molecule has 172 valence electrons. The van der Waals surface area contributed by atoms with Crippen LogP contribution in [0.3, 0.4) is 0 Å². The summed E-state index contributed by atoms with van der Waals surface area (Å²) in [6.07, 6.45) is 2.54. The number of hydrazone groups is 1. The third kappa shape index (κ3) is 7.16. The molecule has 1 aromatic heterocycles. The lowest BCUT2D eigenvalue weighted by atomic mass is 10.1. The molecule has 0 saturated carbocycles. The number of carbonyl (C=O) groups excluding carboxylic acids is 1. The highest BCUT2D eigenvalue weighted by atomic mass is 35.5. The van der Waals surface area contributed by atoms with E-state index in [1.807, 2.05) is 31.2 Å². The third-order valence-electron chi connectivity index (χ3n) is 4.29. The van der Waals surface area contributed by atoms with E-state index in [1.165, 1.54) is 5.56 Å². The van der Waals surface area contributed by atoms with E-state index in [-0.39, 0.29) is 34.4 Å². The Morgan fingerprint density at radius 3 is 2.41 bits per heavy atom. The van der Waals surface area contributed by atoms with Crippen molar-refractivity contribution in [3.05, 3.63) is 40.7 Å². The molecule has 0 radical (unpaired) electrons. The van der Waals surface area contributed by atoms with Crippen LogP contribution in [0.15, 0.2) is 34.4 Å². The molecule has 0 aliphatic carbocycles. The average molecular weight is 462 g/mol. The van der Waals surface area contributed by atoms with Crippen molar-refractivity contribution in [1.82, 2.24) is 15.3 Å². The minimum Gasteiger partial charge on any atom is -0.382 e. The van der Waals surface area contributed by atoms with E-state index in [0.717, 1.165) is 24.9 Å². The number of halogens is 1. The smallest absolute Gasteiger partial charge is 0.280 e. The van der Waals surface area contributed by atoms with Gasteiger partial charge in [-0.2, -0.15) is 0 Å². The number of nitrogens with zero attached hydrogens (tertiary/aromatic N) is 5. The number of benzene rings is 1. The molecular formula is C19H28ClN11O. The molecule has 2 rings (SSSR count). The third-order valence-corrected chi connectivity index (χ3v) is 4.57. The second-order valence-electron chi connectivity index (χ2n) is 6.72. The number of carbonyl (C=O) groups is 1. The number of aryl methyl sites for hydroxylation is 1. The quantitative estimate of drug-likeness (QED) is 0.131. The first kappa shape index (κ1) is 24.5. The Morgan fingerprint density at radius 2 is 1.78 bits per heavy atom. The van der Waals surface area contributed by atoms with Crippen LogP contribution in [-0.4, -0.2) is 40.9 Å². The Bertz CT molecular complexity index is 988. The molecule has 0 saturated heterocycles. The number of aliphatic imine (C=N–C) groups is 1. The minimum absolute atomic E-state index is 0.0144. The summed E-state index contributed by atoms with van der Waals surface area (Å²) in [4.78, 5) is 23.9. The number of hydrogen-bond donors (Lipinski definition) is 6. The maximum Gasteiger partial charge on any atom is 0.280 e. The first-order chi connectivity index (χ1) is 15.2. The summed E-state index contributed by atoms with van der Waals surface area (Å²) in [5.41, 5.74) is 29.7. The fourth-order valence-electron chi connectivity index (χ4n) is 2.75. The van der Waals surface area contributed by atoms with Gasteiger partial charge in [0, 0.05) is 13.1 Å². The maximum atomic E-state index is 12.2. The second kappa shape index (κ2) is 11.6. The van der Waals surface area contributed by atoms with Gasteiger partial charge < -0.3 is 28.7 Å². The second-order valence-corrected chi connectivity index (χ2v) is 7.08. The molecule has 0 unspecified atom stereocenters. The van der Waals surface area contributed by atoms with Crippen molar-refractivity contribution in [2.45, 2.75) is 26.2 Å². The van der Waals surface area contributed by atoms with Gasteiger partial charge in [-0.25, -0.2) is 9.97 Å². The lowest BCUT2D eigenvalue weighted by Crippen LogP contribution is -2.38. The molecule has 0 bridgehead atoms. The molecule has 32 heavy (non-hydrogen) atoms. The molecular weight excluding hydrogens is 434 g/mol. The monoisotopic (exact) mass is 461 g/mol. The van der Waals surface area contributed by atoms with Gasteiger partial charge in [-0.05, 0) is 43.9 Å². The highest BCUT2D eigenvalue weighted by Crippen LogP contribution is 2.18. The largest absolute Gasteiger partial charge is 0.382 e. The molecule has 0 atom stereocenters. The Balaban J connectivity index is 1.80. The molecule has 0 fully saturated rings. The van der Waals surface area contributed by atoms with Gasteiger partial charge in [0.2, 0.25) is 5.96 Å². The molecule has 0 aliphatic rings. The van der Waals surface area contributed by atoms with Crippen molar-refractivity contribution >= 4 is 46.8 Å². The minimum atomic E-state index is -0.667. The first-order valence-corrected chi connectivity index (χ1v) is 10.2. The van der Waals surface area contributed by atoms with Crippen molar-refractivity contribution in [2.24, 2.45) is 27.3 Å². The van der Waals surface area contributed by atoms with E-state index in [2.05, 4.69) is 25.4 Å². The van der Waals surface area contributed by atoms with Crippen LogP contribution < -0.4 is 39.0 Å². The molecule has 0 aliphatic heterocycles. The van der Waals surface area contributed by atoms with Gasteiger partial charge in [0.15, 0.2) is 28.4 Å². The van der Waals surface area contributed by atoms with E-state index in [1.54, 1.807) is 5.01 Å². The van der Waals surface area contributed by atoms with Crippen LogP contribution in [0.1, 0.15) is 35.8 Å². The molecule has 0 spiro atoms. The number of nitrogens with one attached hydrogen (secondary N) is 1. The Morgan fingerprint density at radius 1 is 1.09 bits per heavy atom. The summed E-state index contributed by atoms with van der Waals surface area (Å²) in [7, 11) is 0. The van der Waals surface area contributed by atoms with Gasteiger partial charge in [-0.15, -0.1) is 5.10 Å². The first-order valence-electron chi connectivity index (χ1n) is 9.87. The number of nitrogen functional groups attached to an aromatic ring is 2. The summed E-state index contributed by atoms with van der Waals surface area (Å²) >= 11 is 5.77. The fourth-order valence-corrected chi connectivity index (χ4v) is 2.88. The number of aromatic nitrogens is 2. The molecule has 12 nitrogen and oxygen atoms in total. The van der Waals surface area contributed by atoms with Gasteiger partial charge in [0.25, 0.3) is 5.91 Å². The van der Waals surface area contributed by atoms with Gasteiger partial charge >= 0.3 is 0 Å². The average Bonchev–Trinajstić information content (AvgIpc) is 2.74. The van der Waals surface area contributed by atoms with E-state index in [4.69, 9.17) is 40.3 Å². The highest BCUT2D eigenvalue weighted by molar-refractivity contribution is 6.31. The van der Waals surface area contributed by atoms with Gasteiger partial charge in [-0.1, -0.05) is 23.7 Å². The summed E-state index contributed by atoms with van der Waals surface area (Å²) in [6.45, 7) is 3.06. The van der Waals surface area contributed by atoms with Crippen molar-refractivity contribution in [3.8, 4) is 0 Å². The zero-order valence-electron chi connectivity index (χ0n) is 17.8. The molecule has 1 amide bonds. The van der Waals surface area contributed by atoms with Crippen LogP contribution in [0.5, 0.6) is 0 Å². The molecule has 11 N–H and O–H groups in total. The van der Waals surface area contributed by atoms with Crippen LogP contribution >= 0.6 is 11.6 Å². The zero-order valence-corrected chi connectivity index (χ0v) is 18.5. The number of rotatable bonds is 9. The van der Waals surface area contributed by atoms with E-state index < -0.39 is 5.91 Å². The van der Waals surface area contributed by atoms with Crippen LogP contribution in [0.25, 0.3) is 0 Å². The number of amides is 1. The number of hydrogen-bond acceptors (Lipinski definition) is 8. The topological polar surface area (TPSA) is 213 Å². The summed E-state index contributed by atoms with van der Waals surface area (Å²) < 4.78 is 0. The van der Waals surface area contributed by atoms with Crippen LogP contribution in [-0.2, 0) is 6.42 Å². The fraction of sp³-hybridized carbons (Fsp3) is 0.316. The normalized spacial score (nSPS) is 11.1. The van der Waals surface area contributed by atoms with Gasteiger partial charge in [0.1, 0.15) is 0 Å². The Hall–Kier alpha value is -3.80. The summed E-state index contributed by atoms with van der Waals surface area (Å²) in [5, 5.41) is 8.08. The van der Waals surface area contributed by atoms with Crippen LogP contribution in [0.4, 0.5) is 17.3 Å². The van der Waals surface area contributed by atoms with Gasteiger partial charge in [0.05, 0.1) is 5.69 Å². The van der Waals surface area contributed by atoms with Crippen molar-refractivity contribution in [1.29, 1.82) is 0 Å². The number of nitrogens with two attached hydrogens (primary N) is 5. The van der Waals surface area contributed by atoms with Gasteiger partial charge in [-0.3, -0.25) is 20.1 Å². The maximum absolute atomic E-state index is 12.2. The molecule has 1 heterocycles. The summed E-state index contributed by atoms with van der Waals surface area (Å²) in [5.74, 6) is -0.911. The predicted octanol–water partition coefficient (Wildman–Crippen LogP) is 0.377. The van der Waals surface area contributed by atoms with Crippen molar-refractivity contribution in [2.75, 3.05) is 29.6 Å². The molecule has 13 heteroatoms. The SMILES string of the molecule is CCN(N=C(N)N)c1ccc(CCCCN=C(N)NC(=O)c2nc(Cl)c(N)nc2N)cc1. The number of guanidine groups is 2. The Kier molecular flexibility index (Phi) is 8.83. The van der Waals surface area contributed by atoms with E-state index in [9.17, 15) is 4.79 Å². The lowest BCUT2D eigenvalue weighted by Gasteiger charge is -2.17. The molecule has 1 aromatic carbocycles. The number of unbranched alkanes of at least 4 members (excludes halogenated alkanes) is 1. The predicted molar refractivity (Wildman–Crippen MR) is 128 cm³/mol. The highest BCUT2D eigenvalue weighted by Gasteiger charge is 2.16. The summed E-state index contributed by atoms with van der Waals surface area (Å²) in [6, 6.07) is 7.99. The Labute approximate surface area is 190 Å². The lowest BCUT2D eigenvalue weighted by molar-refractivity contribution is 0.0972. The van der Waals surface area contributed by atoms with E-state index >= 15 is 0 Å². The standard InChI is InChI=1S/C19H28ClN11O/c1-2-31(30-18(23)24)12-8-6-11(7-9-12)5-3-4-10-26-19(25)29-17(32)13-15(21)28-16(22)14(20)27-13/h6-9H,2-5,10H2,1H3,(H4,21,22,28)(H4,23,24,30)(H3,25,26,29,32). The van der Waals surface area contributed by atoms with Crippen molar-refractivity contribution in [3.63, 3.8) is 0 Å². The zero-order chi connectivity index (χ0) is 23.7. The molecule has 2 aromatic rings. The van der Waals surface area contributed by atoms with E-state index in [0.29, 0.717) is 13.1 Å². The van der Waals surface area contributed by atoms with Crippen LogP contribution in [0.2, 0.25) is 5.15 Å². The van der Waals surface area contributed by atoms with Crippen molar-refractivity contribution < 1.29 is 4.79 Å². The number of anilines is 3. The van der Waals surface area contributed by atoms with Crippen LogP contribution in [0, 0.1) is 0 Å².